The van der Waals surface area contributed by atoms with E-state index in [2.05, 4.69) is 17.4 Å². The van der Waals surface area contributed by atoms with Gasteiger partial charge in [0.05, 0.1) is 19.3 Å². The van der Waals surface area contributed by atoms with Crippen molar-refractivity contribution in [1.29, 1.82) is 0 Å². The van der Waals surface area contributed by atoms with Gasteiger partial charge in [0.2, 0.25) is 0 Å². The molecule has 1 aliphatic rings. The van der Waals surface area contributed by atoms with Crippen molar-refractivity contribution < 1.29 is 28.9 Å². The first-order valence-corrected chi connectivity index (χ1v) is 10.9. The van der Waals surface area contributed by atoms with E-state index in [0.717, 1.165) is 44.9 Å². The van der Waals surface area contributed by atoms with Gasteiger partial charge in [0.1, 0.15) is 38.5 Å². The van der Waals surface area contributed by atoms with E-state index in [0.29, 0.717) is 24.4 Å². The van der Waals surface area contributed by atoms with Crippen LogP contribution in [0, 0.1) is 0 Å². The zero-order valence-corrected chi connectivity index (χ0v) is 18.4. The highest BCUT2D eigenvalue weighted by atomic mass is 16.5. The molecule has 1 saturated heterocycles. The Bertz CT molecular complexity index is 844. The SMILES string of the molecule is CCCOC(=O)c1ccc(NC(=O)C[NH+]2CC[NH+](Cc3ccc(OC)cc3)CC2)cc1. The number of esters is 1. The van der Waals surface area contributed by atoms with Crippen LogP contribution in [0.15, 0.2) is 48.5 Å². The fourth-order valence-corrected chi connectivity index (χ4v) is 3.74. The van der Waals surface area contributed by atoms with Gasteiger partial charge in [-0.25, -0.2) is 4.79 Å². The third kappa shape index (κ3) is 7.08. The number of quaternary nitrogens is 2. The molecular weight excluding hydrogens is 394 g/mol. The van der Waals surface area contributed by atoms with Crippen LogP contribution in [0.25, 0.3) is 0 Å². The third-order valence-electron chi connectivity index (χ3n) is 5.53. The van der Waals surface area contributed by atoms with Crippen molar-refractivity contribution in [2.24, 2.45) is 0 Å². The molecule has 1 aliphatic heterocycles. The van der Waals surface area contributed by atoms with Crippen LogP contribution in [0.5, 0.6) is 5.75 Å². The number of ether oxygens (including phenoxy) is 2. The maximum Gasteiger partial charge on any atom is 0.338 e. The van der Waals surface area contributed by atoms with Crippen LogP contribution in [0.4, 0.5) is 5.69 Å². The number of hydrogen-bond donors (Lipinski definition) is 3. The van der Waals surface area contributed by atoms with E-state index >= 15 is 0 Å². The molecule has 0 bridgehead atoms. The van der Waals surface area contributed by atoms with E-state index in [9.17, 15) is 9.59 Å². The van der Waals surface area contributed by atoms with Gasteiger partial charge in [-0.2, -0.15) is 0 Å². The van der Waals surface area contributed by atoms with Crippen LogP contribution in [0.2, 0.25) is 0 Å². The number of piperazine rings is 1. The minimum Gasteiger partial charge on any atom is -0.497 e. The second-order valence-electron chi connectivity index (χ2n) is 7.96. The van der Waals surface area contributed by atoms with Gasteiger partial charge in [0.15, 0.2) is 6.54 Å². The first-order chi connectivity index (χ1) is 15.1. The number of rotatable bonds is 9. The monoisotopic (exact) mass is 427 g/mol. The van der Waals surface area contributed by atoms with E-state index in [4.69, 9.17) is 9.47 Å². The number of nitrogens with one attached hydrogen (secondary N) is 3. The summed E-state index contributed by atoms with van der Waals surface area (Å²) in [6, 6.07) is 15.1. The smallest absolute Gasteiger partial charge is 0.338 e. The molecule has 2 aromatic carbocycles. The quantitative estimate of drug-likeness (QED) is 0.500. The lowest BCUT2D eigenvalue weighted by Crippen LogP contribution is -3.28. The molecule has 0 radical (unpaired) electrons. The molecule has 1 heterocycles. The molecule has 7 heteroatoms. The van der Waals surface area contributed by atoms with E-state index in [1.807, 2.05) is 19.1 Å². The highest BCUT2D eigenvalue weighted by Crippen LogP contribution is 2.11. The van der Waals surface area contributed by atoms with Gasteiger partial charge in [-0.05, 0) is 55.0 Å². The molecule has 31 heavy (non-hydrogen) atoms. The summed E-state index contributed by atoms with van der Waals surface area (Å²) in [4.78, 5) is 27.1. The number of amides is 1. The molecule has 2 aromatic rings. The molecule has 0 aromatic heterocycles. The minimum absolute atomic E-state index is 0.00471. The summed E-state index contributed by atoms with van der Waals surface area (Å²) in [5.74, 6) is 0.541. The van der Waals surface area contributed by atoms with E-state index in [1.54, 1.807) is 36.3 Å². The van der Waals surface area contributed by atoms with Crippen LogP contribution in [0.1, 0.15) is 29.3 Å². The second kappa shape index (κ2) is 11.5. The van der Waals surface area contributed by atoms with Gasteiger partial charge >= 0.3 is 5.97 Å². The number of methoxy groups -OCH3 is 1. The summed E-state index contributed by atoms with van der Waals surface area (Å²) in [6.45, 7) is 7.85. The molecule has 0 spiro atoms. The Morgan fingerprint density at radius 3 is 2.19 bits per heavy atom. The summed E-state index contributed by atoms with van der Waals surface area (Å²) in [6.07, 6.45) is 0.791. The molecule has 7 nitrogen and oxygen atoms in total. The van der Waals surface area contributed by atoms with Gasteiger partial charge in [-0.1, -0.05) is 6.92 Å². The van der Waals surface area contributed by atoms with Crippen molar-refractivity contribution in [3.63, 3.8) is 0 Å². The van der Waals surface area contributed by atoms with Crippen LogP contribution in [-0.4, -0.2) is 58.3 Å². The number of carbonyl (C=O) groups excluding carboxylic acids is 2. The first-order valence-electron chi connectivity index (χ1n) is 10.9. The van der Waals surface area contributed by atoms with Crippen molar-refractivity contribution in [3.05, 3.63) is 59.7 Å². The molecule has 3 rings (SSSR count). The Balaban J connectivity index is 1.40. The zero-order valence-electron chi connectivity index (χ0n) is 18.4. The standard InChI is InChI=1S/C24H31N3O4/c1-3-16-31-24(29)20-6-8-21(9-7-20)25-23(28)18-27-14-12-26(13-15-27)17-19-4-10-22(30-2)11-5-19/h4-11H,3,12-18H2,1-2H3,(H,25,28)/p+2. The van der Waals surface area contributed by atoms with Crippen LogP contribution in [0.3, 0.4) is 0 Å². The van der Waals surface area contributed by atoms with Crippen molar-refractivity contribution in [2.75, 3.05) is 51.8 Å². The largest absolute Gasteiger partial charge is 0.497 e. The maximum atomic E-state index is 12.4. The Hall–Kier alpha value is -2.90. The van der Waals surface area contributed by atoms with Crippen molar-refractivity contribution in [1.82, 2.24) is 0 Å². The lowest BCUT2D eigenvalue weighted by Gasteiger charge is -2.29. The molecule has 1 amide bonds. The normalized spacial score (nSPS) is 18.3. The van der Waals surface area contributed by atoms with E-state index < -0.39 is 0 Å². The Morgan fingerprint density at radius 1 is 0.935 bits per heavy atom. The lowest BCUT2D eigenvalue weighted by atomic mass is 10.2. The molecule has 3 N–H and O–H groups in total. The molecule has 0 atom stereocenters. The molecule has 1 fully saturated rings. The predicted octanol–water partition coefficient (Wildman–Crippen LogP) is 0.184. The van der Waals surface area contributed by atoms with E-state index in [-0.39, 0.29) is 11.9 Å². The average molecular weight is 428 g/mol. The summed E-state index contributed by atoms with van der Waals surface area (Å²) in [7, 11) is 1.68. The molecule has 0 aliphatic carbocycles. The molecule has 0 unspecified atom stereocenters. The van der Waals surface area contributed by atoms with Crippen molar-refractivity contribution in [2.45, 2.75) is 19.9 Å². The topological polar surface area (TPSA) is 73.5 Å². The number of anilines is 1. The fourth-order valence-electron chi connectivity index (χ4n) is 3.74. The lowest BCUT2D eigenvalue weighted by molar-refractivity contribution is -1.02. The van der Waals surface area contributed by atoms with Gasteiger partial charge in [-0.15, -0.1) is 0 Å². The maximum absolute atomic E-state index is 12.4. The fraction of sp³-hybridized carbons (Fsp3) is 0.417. The Kier molecular flexibility index (Phi) is 8.44. The van der Waals surface area contributed by atoms with E-state index in [1.165, 1.54) is 10.5 Å². The van der Waals surface area contributed by atoms with Gasteiger partial charge in [0, 0.05) is 11.3 Å². The third-order valence-corrected chi connectivity index (χ3v) is 5.53. The average Bonchev–Trinajstić information content (AvgIpc) is 2.79. The van der Waals surface area contributed by atoms with Crippen LogP contribution < -0.4 is 19.9 Å². The van der Waals surface area contributed by atoms with Gasteiger partial charge < -0.3 is 24.6 Å². The van der Waals surface area contributed by atoms with Crippen molar-refractivity contribution >= 4 is 17.6 Å². The summed E-state index contributed by atoms with van der Waals surface area (Å²) < 4.78 is 10.3. The number of benzene rings is 2. The Labute approximate surface area is 183 Å². The highest BCUT2D eigenvalue weighted by Gasteiger charge is 2.25. The molecule has 0 saturated carbocycles. The first kappa shape index (κ1) is 22.8. The Morgan fingerprint density at radius 2 is 1.58 bits per heavy atom. The zero-order chi connectivity index (χ0) is 22.1. The number of carbonyl (C=O) groups is 2. The van der Waals surface area contributed by atoms with Crippen LogP contribution in [-0.2, 0) is 16.1 Å². The summed E-state index contributed by atoms with van der Waals surface area (Å²) >= 11 is 0. The minimum atomic E-state index is -0.334. The van der Waals surface area contributed by atoms with Crippen LogP contribution >= 0.6 is 0 Å². The molecule has 166 valence electrons. The van der Waals surface area contributed by atoms with Gasteiger partial charge in [-0.3, -0.25) is 4.79 Å². The molecular formula is C24H33N3O4+2. The summed E-state index contributed by atoms with van der Waals surface area (Å²) in [5, 5.41) is 2.93. The van der Waals surface area contributed by atoms with Gasteiger partial charge in [0.25, 0.3) is 5.91 Å². The number of hydrogen-bond acceptors (Lipinski definition) is 4. The highest BCUT2D eigenvalue weighted by molar-refractivity contribution is 5.93. The predicted molar refractivity (Wildman–Crippen MR) is 119 cm³/mol. The second-order valence-corrected chi connectivity index (χ2v) is 7.96. The summed E-state index contributed by atoms with van der Waals surface area (Å²) in [5.41, 5.74) is 2.49. The van der Waals surface area contributed by atoms with Crippen molar-refractivity contribution in [3.8, 4) is 5.75 Å².